The fourth-order valence-electron chi connectivity index (χ4n) is 3.11. The van der Waals surface area contributed by atoms with Crippen LogP contribution in [0.25, 0.3) is 0 Å². The van der Waals surface area contributed by atoms with Crippen LogP contribution in [0.15, 0.2) is 18.2 Å². The van der Waals surface area contributed by atoms with Crippen molar-refractivity contribution in [3.8, 4) is 5.75 Å². The van der Waals surface area contributed by atoms with Crippen LogP contribution in [0.1, 0.15) is 39.3 Å². The van der Waals surface area contributed by atoms with Gasteiger partial charge in [-0.05, 0) is 84.5 Å². The van der Waals surface area contributed by atoms with Crippen LogP contribution in [0.4, 0.5) is 9.52 Å². The molecule has 0 saturated heterocycles. The van der Waals surface area contributed by atoms with Gasteiger partial charge in [0.25, 0.3) is 0 Å². The fourth-order valence-corrected chi connectivity index (χ4v) is 5.01. The Bertz CT molecular complexity index is 1170. The Morgan fingerprint density at radius 1 is 1.21 bits per heavy atom. The maximum Gasteiger partial charge on any atom is 0.357 e. The number of esters is 1. The molecule has 182 valence electrons. The smallest absolute Gasteiger partial charge is 0.357 e. The molecule has 0 aliphatic carbocycles. The normalized spacial score (nSPS) is 10.9. The van der Waals surface area contributed by atoms with E-state index in [0.717, 1.165) is 26.0 Å². The third-order valence-electron chi connectivity index (χ3n) is 4.89. The molecular formula is C22H22Cl2FIN4O3S. The summed E-state index contributed by atoms with van der Waals surface area (Å²) in [6.45, 7) is 2.78. The molecule has 0 saturated carbocycles. The van der Waals surface area contributed by atoms with Gasteiger partial charge in [-0.25, -0.2) is 14.2 Å². The largest absolute Gasteiger partial charge is 0.491 e. The zero-order chi connectivity index (χ0) is 24.7. The lowest BCUT2D eigenvalue weighted by atomic mass is 10.1. The molecule has 34 heavy (non-hydrogen) atoms. The Kier molecular flexibility index (Phi) is 10.1. The van der Waals surface area contributed by atoms with Crippen LogP contribution in [0.2, 0.25) is 10.3 Å². The first-order valence-corrected chi connectivity index (χ1v) is 13.0. The Hall–Kier alpha value is -1.76. The predicted molar refractivity (Wildman–Crippen MR) is 140 cm³/mol. The van der Waals surface area contributed by atoms with E-state index in [1.807, 2.05) is 29.5 Å². The number of carbonyl (C=O) groups is 1. The van der Waals surface area contributed by atoms with Crippen molar-refractivity contribution in [2.45, 2.75) is 32.6 Å². The van der Waals surface area contributed by atoms with Crippen molar-refractivity contribution in [2.75, 3.05) is 25.6 Å². The molecule has 0 radical (unpaired) electrons. The summed E-state index contributed by atoms with van der Waals surface area (Å²) < 4.78 is 25.1. The van der Waals surface area contributed by atoms with E-state index in [2.05, 4.69) is 20.5 Å². The molecule has 0 amide bonds. The first-order chi connectivity index (χ1) is 16.3. The summed E-state index contributed by atoms with van der Waals surface area (Å²) in [6.07, 6.45) is 2.55. The molecule has 2 aromatic heterocycles. The highest BCUT2D eigenvalue weighted by Gasteiger charge is 2.19. The quantitative estimate of drug-likeness (QED) is 0.154. The number of rotatable bonds is 11. The van der Waals surface area contributed by atoms with Gasteiger partial charge in [0.2, 0.25) is 0 Å². The van der Waals surface area contributed by atoms with Gasteiger partial charge in [0, 0.05) is 15.0 Å². The molecule has 0 spiro atoms. The lowest BCUT2D eigenvalue weighted by Gasteiger charge is -2.08. The second-order valence-electron chi connectivity index (χ2n) is 7.22. The van der Waals surface area contributed by atoms with E-state index >= 15 is 0 Å². The average Bonchev–Trinajstić information content (AvgIpc) is 3.22. The van der Waals surface area contributed by atoms with Gasteiger partial charge in [-0.2, -0.15) is 0 Å². The number of nitrogens with one attached hydrogen (secondary N) is 1. The molecule has 12 heteroatoms. The summed E-state index contributed by atoms with van der Waals surface area (Å²) in [7, 11) is 1.32. The highest BCUT2D eigenvalue weighted by atomic mass is 127. The third kappa shape index (κ3) is 7.12. The van der Waals surface area contributed by atoms with Gasteiger partial charge in [0.05, 0.1) is 13.7 Å². The molecule has 0 fully saturated rings. The number of aromatic nitrogens is 3. The van der Waals surface area contributed by atoms with Gasteiger partial charge >= 0.3 is 5.97 Å². The maximum absolute atomic E-state index is 13.9. The number of nitrogens with zero attached hydrogens (tertiary/aromatic N) is 3. The Balaban J connectivity index is 1.54. The van der Waals surface area contributed by atoms with Crippen molar-refractivity contribution in [2.24, 2.45) is 0 Å². The van der Waals surface area contributed by atoms with Gasteiger partial charge in [0.1, 0.15) is 0 Å². The molecule has 0 atom stereocenters. The standard InChI is InChI=1S/C22H22Cl2FIN4O3S/c1-12-14(20(24)30-29-19(12)23)5-3-9-27-22-28-18(21(31)32-2)17(34-22)6-4-10-33-16-8-7-13(26)11-15(16)25/h7-8,11H,3-6,9-10H2,1-2H3,(H,27,28). The summed E-state index contributed by atoms with van der Waals surface area (Å²) in [5.74, 6) is -0.683. The minimum absolute atomic E-state index is 0.210. The van der Waals surface area contributed by atoms with E-state index in [1.165, 1.54) is 24.5 Å². The van der Waals surface area contributed by atoms with Gasteiger partial charge in [0.15, 0.2) is 32.7 Å². The second kappa shape index (κ2) is 12.8. The van der Waals surface area contributed by atoms with E-state index in [0.29, 0.717) is 47.9 Å². The van der Waals surface area contributed by atoms with Crippen LogP contribution in [0.5, 0.6) is 5.75 Å². The first-order valence-electron chi connectivity index (χ1n) is 10.4. The molecule has 0 bridgehead atoms. The zero-order valence-electron chi connectivity index (χ0n) is 18.5. The molecule has 3 aromatic rings. The molecule has 1 aromatic carbocycles. The summed E-state index contributed by atoms with van der Waals surface area (Å²) >= 11 is 15.6. The molecule has 7 nitrogen and oxygen atoms in total. The van der Waals surface area contributed by atoms with Crippen LogP contribution in [-0.4, -0.2) is 41.4 Å². The number of aryl methyl sites for hydroxylation is 1. The Morgan fingerprint density at radius 3 is 2.71 bits per heavy atom. The van der Waals surface area contributed by atoms with Crippen LogP contribution < -0.4 is 10.1 Å². The molecule has 0 aliphatic heterocycles. The zero-order valence-corrected chi connectivity index (χ0v) is 22.9. The lowest BCUT2D eigenvalue weighted by molar-refractivity contribution is 0.0593. The number of methoxy groups -OCH3 is 1. The van der Waals surface area contributed by atoms with Gasteiger partial charge in [-0.1, -0.05) is 23.2 Å². The number of ether oxygens (including phenoxy) is 2. The van der Waals surface area contributed by atoms with Crippen LogP contribution >= 0.6 is 57.1 Å². The summed E-state index contributed by atoms with van der Waals surface area (Å²) in [6, 6.07) is 4.81. The van der Waals surface area contributed by atoms with E-state index in [4.69, 9.17) is 32.7 Å². The van der Waals surface area contributed by atoms with Crippen molar-refractivity contribution in [3.63, 3.8) is 0 Å². The number of carbonyl (C=O) groups excluding carboxylic acids is 1. The minimum atomic E-state index is -0.496. The first kappa shape index (κ1) is 26.8. The highest BCUT2D eigenvalue weighted by molar-refractivity contribution is 14.1. The molecule has 3 rings (SSSR count). The van der Waals surface area contributed by atoms with Crippen molar-refractivity contribution in [1.29, 1.82) is 0 Å². The number of anilines is 1. The second-order valence-corrected chi connectivity index (χ2v) is 10.3. The number of halogens is 4. The summed E-state index contributed by atoms with van der Waals surface area (Å²) in [4.78, 5) is 17.4. The number of hydrogen-bond acceptors (Lipinski definition) is 8. The van der Waals surface area contributed by atoms with Gasteiger partial charge in [-0.3, -0.25) is 0 Å². The molecular weight excluding hydrogens is 617 g/mol. The SMILES string of the molecule is COC(=O)c1nc(NCCCc2c(Cl)nnc(Cl)c2C)sc1CCCOc1ccc(I)cc1F. The molecule has 0 unspecified atom stereocenters. The van der Waals surface area contributed by atoms with Crippen molar-refractivity contribution >= 4 is 68.2 Å². The van der Waals surface area contributed by atoms with E-state index < -0.39 is 11.8 Å². The third-order valence-corrected chi connectivity index (χ3v) is 7.30. The van der Waals surface area contributed by atoms with E-state index in [9.17, 15) is 9.18 Å². The van der Waals surface area contributed by atoms with Gasteiger partial charge in [-0.15, -0.1) is 21.5 Å². The van der Waals surface area contributed by atoms with Crippen LogP contribution in [-0.2, 0) is 17.6 Å². The van der Waals surface area contributed by atoms with E-state index in [1.54, 1.807) is 12.1 Å². The Morgan fingerprint density at radius 2 is 1.97 bits per heavy atom. The van der Waals surface area contributed by atoms with Crippen LogP contribution in [0.3, 0.4) is 0 Å². The molecule has 2 heterocycles. The monoisotopic (exact) mass is 638 g/mol. The molecule has 1 N–H and O–H groups in total. The van der Waals surface area contributed by atoms with Crippen molar-refractivity contribution < 1.29 is 18.7 Å². The summed E-state index contributed by atoms with van der Waals surface area (Å²) in [5, 5.41) is 12.2. The average molecular weight is 639 g/mol. The van der Waals surface area contributed by atoms with E-state index in [-0.39, 0.29) is 11.4 Å². The van der Waals surface area contributed by atoms with Crippen molar-refractivity contribution in [1.82, 2.24) is 15.2 Å². The van der Waals surface area contributed by atoms with Crippen LogP contribution in [0, 0.1) is 16.3 Å². The van der Waals surface area contributed by atoms with Crippen molar-refractivity contribution in [3.05, 3.63) is 59.6 Å². The number of thiazole rings is 1. The topological polar surface area (TPSA) is 86.2 Å². The maximum atomic E-state index is 13.9. The molecule has 0 aliphatic rings. The highest BCUT2D eigenvalue weighted by Crippen LogP contribution is 2.27. The lowest BCUT2D eigenvalue weighted by Crippen LogP contribution is -2.08. The number of hydrogen-bond donors (Lipinski definition) is 1. The summed E-state index contributed by atoms with van der Waals surface area (Å²) in [5.41, 5.74) is 1.96. The minimum Gasteiger partial charge on any atom is -0.491 e. The fraction of sp³-hybridized carbons (Fsp3) is 0.364. The number of benzene rings is 1. The van der Waals surface area contributed by atoms with Gasteiger partial charge < -0.3 is 14.8 Å². The predicted octanol–water partition coefficient (Wildman–Crippen LogP) is 6.13. The Labute approximate surface area is 224 Å².